The molecule has 0 saturated carbocycles. The van der Waals surface area contributed by atoms with Crippen LogP contribution in [0.2, 0.25) is 0 Å². The molecule has 0 aliphatic carbocycles. The van der Waals surface area contributed by atoms with Gasteiger partial charge in [-0.3, -0.25) is 14.4 Å². The van der Waals surface area contributed by atoms with Crippen molar-refractivity contribution in [1.29, 1.82) is 0 Å². The van der Waals surface area contributed by atoms with Crippen molar-refractivity contribution in [3.8, 4) is 0 Å². The van der Waals surface area contributed by atoms with Gasteiger partial charge in [-0.1, -0.05) is 20.8 Å². The second-order valence-electron chi connectivity index (χ2n) is 6.30. The maximum atomic E-state index is 12.5. The molecule has 0 aromatic carbocycles. The fourth-order valence-corrected chi connectivity index (χ4v) is 3.10. The number of hydrogen-bond donors (Lipinski definition) is 2. The quantitative estimate of drug-likeness (QED) is 0.806. The highest BCUT2D eigenvalue weighted by Crippen LogP contribution is 2.20. The van der Waals surface area contributed by atoms with Gasteiger partial charge in [0.15, 0.2) is 0 Å². The van der Waals surface area contributed by atoms with Crippen molar-refractivity contribution >= 4 is 29.5 Å². The second kappa shape index (κ2) is 7.15. The number of hydrogen-bond acceptors (Lipinski definition) is 4. The summed E-state index contributed by atoms with van der Waals surface area (Å²) in [5, 5.41) is 11.6. The molecule has 1 aliphatic rings. The number of nitrogens with one attached hydrogen (secondary N) is 1. The normalized spacial score (nSPS) is 20.8. The molecule has 7 heteroatoms. The number of rotatable bonds is 4. The summed E-state index contributed by atoms with van der Waals surface area (Å²) in [6.45, 7) is 7.52. The van der Waals surface area contributed by atoms with E-state index in [1.54, 1.807) is 44.4 Å². The zero-order chi connectivity index (χ0) is 16.2. The molecule has 1 aliphatic heterocycles. The molecule has 1 fully saturated rings. The maximum Gasteiger partial charge on any atom is 0.305 e. The summed E-state index contributed by atoms with van der Waals surface area (Å²) in [5.41, 5.74) is -0.563. The highest BCUT2D eigenvalue weighted by atomic mass is 32.2. The summed E-state index contributed by atoms with van der Waals surface area (Å²) in [4.78, 5) is 36.9. The molecule has 2 N–H and O–H groups in total. The number of aliphatic carboxylic acids is 1. The van der Waals surface area contributed by atoms with E-state index in [0.29, 0.717) is 12.3 Å². The van der Waals surface area contributed by atoms with Crippen molar-refractivity contribution in [3.63, 3.8) is 0 Å². The first-order chi connectivity index (χ1) is 9.62. The Labute approximate surface area is 129 Å². The fraction of sp³-hybridized carbons (Fsp3) is 0.786. The molecule has 6 nitrogen and oxygen atoms in total. The molecule has 0 aromatic heterocycles. The lowest BCUT2D eigenvalue weighted by atomic mass is 9.95. The number of carboxylic acids is 1. The topological polar surface area (TPSA) is 86.7 Å². The minimum Gasteiger partial charge on any atom is -0.481 e. The Morgan fingerprint density at radius 1 is 1.38 bits per heavy atom. The molecule has 2 atom stereocenters. The smallest absolute Gasteiger partial charge is 0.305 e. The van der Waals surface area contributed by atoms with E-state index in [-0.39, 0.29) is 24.3 Å². The Kier molecular flexibility index (Phi) is 6.07. The first-order valence-corrected chi connectivity index (χ1v) is 8.19. The van der Waals surface area contributed by atoms with E-state index in [9.17, 15) is 14.4 Å². The zero-order valence-electron chi connectivity index (χ0n) is 13.0. The van der Waals surface area contributed by atoms with Crippen molar-refractivity contribution < 1.29 is 19.5 Å². The maximum absolute atomic E-state index is 12.5. The highest BCUT2D eigenvalue weighted by molar-refractivity contribution is 7.99. The summed E-state index contributed by atoms with van der Waals surface area (Å²) < 4.78 is 0. The van der Waals surface area contributed by atoms with Crippen LogP contribution >= 0.6 is 11.8 Å². The van der Waals surface area contributed by atoms with Crippen LogP contribution in [-0.4, -0.2) is 57.9 Å². The Bertz CT molecular complexity index is 420. The van der Waals surface area contributed by atoms with Gasteiger partial charge < -0.3 is 15.3 Å². The van der Waals surface area contributed by atoms with Crippen molar-refractivity contribution in [2.24, 2.45) is 5.41 Å². The molecule has 1 rings (SSSR count). The fourth-order valence-electron chi connectivity index (χ4n) is 2.04. The van der Waals surface area contributed by atoms with Gasteiger partial charge in [0.05, 0.1) is 12.5 Å². The van der Waals surface area contributed by atoms with E-state index < -0.39 is 17.4 Å². The lowest BCUT2D eigenvalue weighted by Gasteiger charge is -2.36. The van der Waals surface area contributed by atoms with Gasteiger partial charge in [-0.2, -0.15) is 11.8 Å². The third-order valence-electron chi connectivity index (χ3n) is 3.32. The van der Waals surface area contributed by atoms with Crippen molar-refractivity contribution in [1.82, 2.24) is 10.2 Å². The summed E-state index contributed by atoms with van der Waals surface area (Å²) in [6, 6.07) is -0.946. The van der Waals surface area contributed by atoms with Crippen LogP contribution in [-0.2, 0) is 14.4 Å². The largest absolute Gasteiger partial charge is 0.481 e. The van der Waals surface area contributed by atoms with Gasteiger partial charge in [0.25, 0.3) is 0 Å². The second-order valence-corrected chi connectivity index (χ2v) is 7.45. The molecule has 0 bridgehead atoms. The van der Waals surface area contributed by atoms with Gasteiger partial charge in [-0.05, 0) is 6.92 Å². The van der Waals surface area contributed by atoms with Gasteiger partial charge in [-0.15, -0.1) is 0 Å². The van der Waals surface area contributed by atoms with Crippen LogP contribution in [0, 0.1) is 5.41 Å². The van der Waals surface area contributed by atoms with Gasteiger partial charge >= 0.3 is 5.97 Å². The van der Waals surface area contributed by atoms with Crippen LogP contribution in [0.3, 0.4) is 0 Å². The number of carbonyl (C=O) groups is 3. The van der Waals surface area contributed by atoms with Crippen LogP contribution < -0.4 is 5.32 Å². The van der Waals surface area contributed by atoms with E-state index in [1.165, 1.54) is 0 Å². The van der Waals surface area contributed by atoms with Crippen LogP contribution in [0.5, 0.6) is 0 Å². The molecule has 0 spiro atoms. The summed E-state index contributed by atoms with van der Waals surface area (Å²) in [6.07, 6.45) is -0.0569. The van der Waals surface area contributed by atoms with E-state index in [2.05, 4.69) is 5.32 Å². The monoisotopic (exact) mass is 316 g/mol. The van der Waals surface area contributed by atoms with Gasteiger partial charge in [-0.25, -0.2) is 0 Å². The average Bonchev–Trinajstić information content (AvgIpc) is 2.36. The average molecular weight is 316 g/mol. The van der Waals surface area contributed by atoms with Crippen LogP contribution in [0.1, 0.15) is 34.1 Å². The number of nitrogens with zero attached hydrogens (tertiary/aromatic N) is 1. The minimum atomic E-state index is -0.910. The van der Waals surface area contributed by atoms with Crippen LogP contribution in [0.25, 0.3) is 0 Å². The number of carbonyl (C=O) groups excluding carboxylic acids is 2. The summed E-state index contributed by atoms with van der Waals surface area (Å²) >= 11 is 1.65. The minimum absolute atomic E-state index is 0.0569. The predicted molar refractivity (Wildman–Crippen MR) is 82.1 cm³/mol. The number of thioether (sulfide) groups is 1. The first kappa shape index (κ1) is 17.8. The first-order valence-electron chi connectivity index (χ1n) is 7.04. The van der Waals surface area contributed by atoms with Gasteiger partial charge in [0.1, 0.15) is 6.04 Å². The Morgan fingerprint density at radius 2 is 2.00 bits per heavy atom. The van der Waals surface area contributed by atoms with Gasteiger partial charge in [0, 0.05) is 23.5 Å². The molecule has 21 heavy (non-hydrogen) atoms. The summed E-state index contributed by atoms with van der Waals surface area (Å²) in [7, 11) is 0. The molecule has 0 radical (unpaired) electrons. The molecule has 0 aromatic rings. The number of amides is 2. The standard InChI is InChI=1S/C14H24N2O4S/c1-9(15-13(20)14(2,3)4)12(19)16-5-6-21-8-10(16)7-11(17)18/h9-10H,5-8H2,1-4H3,(H,15,20)(H,17,18). The Hall–Kier alpha value is -1.24. The SMILES string of the molecule is CC(NC(=O)C(C)(C)C)C(=O)N1CCSCC1CC(=O)O. The third-order valence-corrected chi connectivity index (χ3v) is 4.41. The molecular formula is C14H24N2O4S. The lowest BCUT2D eigenvalue weighted by molar-refractivity contribution is -0.143. The molecule has 2 amide bonds. The predicted octanol–water partition coefficient (Wildman–Crippen LogP) is 0.956. The lowest BCUT2D eigenvalue weighted by Crippen LogP contribution is -2.55. The van der Waals surface area contributed by atoms with Crippen LogP contribution in [0.4, 0.5) is 0 Å². The third kappa shape index (κ3) is 5.22. The Morgan fingerprint density at radius 3 is 2.52 bits per heavy atom. The van der Waals surface area contributed by atoms with Gasteiger partial charge in [0.2, 0.25) is 11.8 Å². The van der Waals surface area contributed by atoms with Crippen molar-refractivity contribution in [3.05, 3.63) is 0 Å². The number of carboxylic acid groups (broad SMARTS) is 1. The molecular weight excluding hydrogens is 292 g/mol. The van der Waals surface area contributed by atoms with E-state index in [0.717, 1.165) is 5.75 Å². The molecule has 1 saturated heterocycles. The van der Waals surface area contributed by atoms with Crippen LogP contribution in [0.15, 0.2) is 0 Å². The highest BCUT2D eigenvalue weighted by Gasteiger charge is 2.33. The molecule has 1 heterocycles. The summed E-state index contributed by atoms with van der Waals surface area (Å²) in [5.74, 6) is 0.107. The Balaban J connectivity index is 2.70. The van der Waals surface area contributed by atoms with Crippen molar-refractivity contribution in [2.45, 2.75) is 46.2 Å². The van der Waals surface area contributed by atoms with Crippen molar-refractivity contribution in [2.75, 3.05) is 18.1 Å². The van der Waals surface area contributed by atoms with E-state index in [4.69, 9.17) is 5.11 Å². The zero-order valence-corrected chi connectivity index (χ0v) is 13.8. The van der Waals surface area contributed by atoms with E-state index in [1.807, 2.05) is 0 Å². The molecule has 120 valence electrons. The molecule has 2 unspecified atom stereocenters. The van der Waals surface area contributed by atoms with E-state index >= 15 is 0 Å².